The standard InChI is InChI=1S/C12H11N3O/c13-9-3-1-2-4-11(9)15-8-5-6-12(16)10(14)7-8/h1-7H,13-14H2. The number of nitrogens with two attached hydrogens (primary N) is 2. The van der Waals surface area contributed by atoms with Crippen LogP contribution in [0.15, 0.2) is 53.2 Å². The molecule has 16 heavy (non-hydrogen) atoms. The van der Waals surface area contributed by atoms with Gasteiger partial charge in [-0.2, -0.15) is 0 Å². The minimum atomic E-state index is -0.194. The number of rotatable bonds is 1. The molecule has 80 valence electrons. The van der Waals surface area contributed by atoms with Gasteiger partial charge in [-0.15, -0.1) is 0 Å². The van der Waals surface area contributed by atoms with Crippen molar-refractivity contribution in [1.82, 2.24) is 0 Å². The molecule has 1 aromatic rings. The highest BCUT2D eigenvalue weighted by Gasteiger charge is 2.08. The average molecular weight is 213 g/mol. The van der Waals surface area contributed by atoms with Gasteiger partial charge in [0, 0.05) is 0 Å². The van der Waals surface area contributed by atoms with E-state index in [1.54, 1.807) is 18.2 Å². The van der Waals surface area contributed by atoms with Crippen LogP contribution in [-0.2, 0) is 4.79 Å². The van der Waals surface area contributed by atoms with E-state index in [0.29, 0.717) is 17.1 Å². The van der Waals surface area contributed by atoms with Crippen LogP contribution < -0.4 is 11.5 Å². The third-order valence-electron chi connectivity index (χ3n) is 2.18. The summed E-state index contributed by atoms with van der Waals surface area (Å²) in [7, 11) is 0. The number of hydrogen-bond acceptors (Lipinski definition) is 4. The highest BCUT2D eigenvalue weighted by molar-refractivity contribution is 6.19. The maximum atomic E-state index is 11.1. The quantitative estimate of drug-likeness (QED) is 0.545. The molecule has 0 atom stereocenters. The van der Waals surface area contributed by atoms with Crippen molar-refractivity contribution in [2.24, 2.45) is 10.7 Å². The summed E-state index contributed by atoms with van der Waals surface area (Å²) in [5.74, 6) is -0.194. The van der Waals surface area contributed by atoms with E-state index in [2.05, 4.69) is 4.99 Å². The highest BCUT2D eigenvalue weighted by atomic mass is 16.1. The molecule has 0 spiro atoms. The number of allylic oxidation sites excluding steroid dienone is 3. The Morgan fingerprint density at radius 3 is 2.50 bits per heavy atom. The third kappa shape index (κ3) is 2.00. The topological polar surface area (TPSA) is 81.5 Å². The first-order valence-electron chi connectivity index (χ1n) is 4.79. The Bertz CT molecular complexity index is 527. The van der Waals surface area contributed by atoms with Gasteiger partial charge in [0.05, 0.1) is 22.8 Å². The number of hydrogen-bond donors (Lipinski definition) is 2. The van der Waals surface area contributed by atoms with Crippen molar-refractivity contribution in [3.05, 3.63) is 48.2 Å². The van der Waals surface area contributed by atoms with E-state index in [-0.39, 0.29) is 11.5 Å². The summed E-state index contributed by atoms with van der Waals surface area (Å²) in [6.07, 6.45) is 4.55. The number of para-hydroxylation sites is 2. The summed E-state index contributed by atoms with van der Waals surface area (Å²) in [4.78, 5) is 15.4. The van der Waals surface area contributed by atoms with Crippen LogP contribution in [0.3, 0.4) is 0 Å². The van der Waals surface area contributed by atoms with E-state index < -0.39 is 0 Å². The molecule has 0 heterocycles. The molecule has 0 saturated heterocycles. The Kier molecular flexibility index (Phi) is 2.55. The van der Waals surface area contributed by atoms with Crippen molar-refractivity contribution >= 4 is 22.9 Å². The molecule has 4 nitrogen and oxygen atoms in total. The number of nitrogen functional groups attached to an aromatic ring is 1. The molecule has 0 bridgehead atoms. The first kappa shape index (κ1) is 10.2. The highest BCUT2D eigenvalue weighted by Crippen LogP contribution is 2.21. The zero-order chi connectivity index (χ0) is 11.5. The van der Waals surface area contributed by atoms with Gasteiger partial charge in [-0.1, -0.05) is 12.1 Å². The maximum absolute atomic E-state index is 11.1. The van der Waals surface area contributed by atoms with Crippen LogP contribution in [-0.4, -0.2) is 11.5 Å². The first-order chi connectivity index (χ1) is 7.66. The van der Waals surface area contributed by atoms with Gasteiger partial charge in [-0.05, 0) is 30.4 Å². The van der Waals surface area contributed by atoms with Crippen LogP contribution in [0.1, 0.15) is 0 Å². The molecule has 0 aliphatic heterocycles. The molecular weight excluding hydrogens is 202 g/mol. The second kappa shape index (κ2) is 4.02. The van der Waals surface area contributed by atoms with Gasteiger partial charge in [0.2, 0.25) is 5.78 Å². The van der Waals surface area contributed by atoms with Gasteiger partial charge < -0.3 is 11.5 Å². The summed E-state index contributed by atoms with van der Waals surface area (Å²) in [5, 5.41) is 0. The van der Waals surface area contributed by atoms with Crippen molar-refractivity contribution in [3.8, 4) is 0 Å². The van der Waals surface area contributed by atoms with Crippen LogP contribution in [0.25, 0.3) is 0 Å². The molecule has 0 amide bonds. The Balaban J connectivity index is 2.37. The largest absolute Gasteiger partial charge is 0.397 e. The minimum Gasteiger partial charge on any atom is -0.397 e. The van der Waals surface area contributed by atoms with Gasteiger partial charge >= 0.3 is 0 Å². The number of carbonyl (C=O) groups excluding carboxylic acids is 1. The number of aliphatic imine (C=N–C) groups is 1. The zero-order valence-electron chi connectivity index (χ0n) is 8.55. The van der Waals surface area contributed by atoms with Crippen LogP contribution in [0, 0.1) is 0 Å². The van der Waals surface area contributed by atoms with E-state index in [1.807, 2.05) is 12.1 Å². The lowest BCUT2D eigenvalue weighted by Gasteiger charge is -2.04. The molecule has 0 unspecified atom stereocenters. The average Bonchev–Trinajstić information content (AvgIpc) is 2.27. The molecule has 0 radical (unpaired) electrons. The summed E-state index contributed by atoms with van der Waals surface area (Å²) in [6, 6.07) is 7.25. The fourth-order valence-corrected chi connectivity index (χ4v) is 1.33. The van der Waals surface area contributed by atoms with Gasteiger partial charge in [0.1, 0.15) is 0 Å². The molecule has 0 saturated carbocycles. The number of ketones is 1. The van der Waals surface area contributed by atoms with E-state index >= 15 is 0 Å². The number of benzene rings is 1. The second-order valence-corrected chi connectivity index (χ2v) is 3.39. The Morgan fingerprint density at radius 1 is 1.06 bits per heavy atom. The molecule has 4 N–H and O–H groups in total. The molecular formula is C12H11N3O. The van der Waals surface area contributed by atoms with Crippen LogP contribution in [0.5, 0.6) is 0 Å². The fraction of sp³-hybridized carbons (Fsp3) is 0. The van der Waals surface area contributed by atoms with E-state index in [4.69, 9.17) is 11.5 Å². The lowest BCUT2D eigenvalue weighted by atomic mass is 10.1. The lowest BCUT2D eigenvalue weighted by molar-refractivity contribution is -0.111. The van der Waals surface area contributed by atoms with E-state index in [9.17, 15) is 4.79 Å². The van der Waals surface area contributed by atoms with E-state index in [1.165, 1.54) is 12.2 Å². The van der Waals surface area contributed by atoms with E-state index in [0.717, 1.165) is 0 Å². The predicted molar refractivity (Wildman–Crippen MR) is 64.4 cm³/mol. The summed E-state index contributed by atoms with van der Waals surface area (Å²) >= 11 is 0. The summed E-state index contributed by atoms with van der Waals surface area (Å²) in [6.45, 7) is 0. The third-order valence-corrected chi connectivity index (χ3v) is 2.18. The van der Waals surface area contributed by atoms with Crippen LogP contribution in [0.4, 0.5) is 11.4 Å². The van der Waals surface area contributed by atoms with Crippen molar-refractivity contribution in [2.75, 3.05) is 5.73 Å². The Labute approximate surface area is 93.0 Å². The molecule has 1 aliphatic rings. The Morgan fingerprint density at radius 2 is 1.81 bits per heavy atom. The van der Waals surface area contributed by atoms with Crippen molar-refractivity contribution in [3.63, 3.8) is 0 Å². The molecule has 4 heteroatoms. The lowest BCUT2D eigenvalue weighted by Crippen LogP contribution is -2.14. The zero-order valence-corrected chi connectivity index (χ0v) is 8.55. The summed E-state index contributed by atoms with van der Waals surface area (Å²) < 4.78 is 0. The van der Waals surface area contributed by atoms with Crippen LogP contribution >= 0.6 is 0 Å². The normalized spacial score (nSPS) is 17.6. The first-order valence-corrected chi connectivity index (χ1v) is 4.79. The molecule has 0 fully saturated rings. The predicted octanol–water partition coefficient (Wildman–Crippen LogP) is 1.32. The second-order valence-electron chi connectivity index (χ2n) is 3.39. The molecule has 0 aromatic heterocycles. The molecule has 1 aromatic carbocycles. The van der Waals surface area contributed by atoms with Crippen LogP contribution in [0.2, 0.25) is 0 Å². The monoisotopic (exact) mass is 213 g/mol. The summed E-state index contributed by atoms with van der Waals surface area (Å²) in [5.41, 5.74) is 13.3. The maximum Gasteiger partial charge on any atom is 0.201 e. The van der Waals surface area contributed by atoms with Gasteiger partial charge in [0.25, 0.3) is 0 Å². The smallest absolute Gasteiger partial charge is 0.201 e. The number of nitrogens with zero attached hydrogens (tertiary/aromatic N) is 1. The fourth-order valence-electron chi connectivity index (χ4n) is 1.33. The minimum absolute atomic E-state index is 0.191. The number of anilines is 1. The molecule has 1 aliphatic carbocycles. The van der Waals surface area contributed by atoms with Crippen molar-refractivity contribution in [2.45, 2.75) is 0 Å². The number of carbonyl (C=O) groups is 1. The van der Waals surface area contributed by atoms with Gasteiger partial charge in [-0.3, -0.25) is 4.79 Å². The van der Waals surface area contributed by atoms with Gasteiger partial charge in [-0.25, -0.2) is 4.99 Å². The van der Waals surface area contributed by atoms with Crippen molar-refractivity contribution in [1.29, 1.82) is 0 Å². The van der Waals surface area contributed by atoms with Crippen molar-refractivity contribution < 1.29 is 4.79 Å². The van der Waals surface area contributed by atoms with Gasteiger partial charge in [0.15, 0.2) is 0 Å². The SMILES string of the molecule is NC1=CC(=Nc2ccccc2N)C=CC1=O. The Hall–Kier alpha value is -2.36. The molecule has 2 rings (SSSR count).